The third-order valence-electron chi connectivity index (χ3n) is 10.5. The molecule has 4 aliphatic rings. The van der Waals surface area contributed by atoms with Gasteiger partial charge in [0.2, 0.25) is 0 Å². The second kappa shape index (κ2) is 12.6. The number of piperidine rings is 1. The molecule has 7 rings (SSSR count). The first-order valence-corrected chi connectivity index (χ1v) is 16.6. The van der Waals surface area contributed by atoms with Crippen LogP contribution < -0.4 is 20.9 Å². The van der Waals surface area contributed by atoms with Gasteiger partial charge < -0.3 is 30.5 Å². The number of nitrogens with one attached hydrogen (secondary N) is 2. The average molecular weight is 615 g/mol. The highest BCUT2D eigenvalue weighted by Gasteiger charge is 2.47. The van der Waals surface area contributed by atoms with Gasteiger partial charge in [-0.15, -0.1) is 0 Å². The van der Waals surface area contributed by atoms with Crippen molar-refractivity contribution in [2.75, 3.05) is 81.2 Å². The monoisotopic (exact) mass is 614 g/mol. The number of aromatic amines is 1. The minimum atomic E-state index is -0.628. The van der Waals surface area contributed by atoms with Crippen molar-refractivity contribution in [3.8, 4) is 11.4 Å². The number of likely N-dealkylation sites (N-methyl/N-ethyl adjacent to an activating group) is 1. The number of benzene rings is 1. The smallest absolute Gasteiger partial charge is 0.271 e. The average Bonchev–Trinajstić information content (AvgIpc) is 3.60. The molecule has 1 aromatic carbocycles. The van der Waals surface area contributed by atoms with E-state index in [0.29, 0.717) is 23.2 Å². The van der Waals surface area contributed by atoms with Crippen LogP contribution in [-0.2, 0) is 11.2 Å². The summed E-state index contributed by atoms with van der Waals surface area (Å²) in [5, 5.41) is 10.6. The summed E-state index contributed by atoms with van der Waals surface area (Å²) in [5.74, 6) is 0.477. The lowest BCUT2D eigenvalue weighted by molar-refractivity contribution is 0.0285. The van der Waals surface area contributed by atoms with Gasteiger partial charge in [-0.2, -0.15) is 5.10 Å². The van der Waals surface area contributed by atoms with Gasteiger partial charge in [-0.05, 0) is 75.4 Å². The second-order valence-electron chi connectivity index (χ2n) is 13.0. The molecule has 45 heavy (non-hydrogen) atoms. The number of ether oxygens (including phenoxy) is 1. The number of hydrogen-bond donors (Lipinski definition) is 3. The number of aryl methyl sites for hydroxylation is 1. The van der Waals surface area contributed by atoms with Crippen LogP contribution in [0.5, 0.6) is 0 Å². The highest BCUT2D eigenvalue weighted by Crippen LogP contribution is 2.45. The normalized spacial score (nSPS) is 21.2. The lowest BCUT2D eigenvalue weighted by Gasteiger charge is -2.55. The quantitative estimate of drug-likeness (QED) is 0.348. The van der Waals surface area contributed by atoms with Crippen LogP contribution in [0.3, 0.4) is 0 Å². The molecular weight excluding hydrogens is 568 g/mol. The van der Waals surface area contributed by atoms with Crippen molar-refractivity contribution in [1.82, 2.24) is 30.0 Å². The zero-order valence-electron chi connectivity index (χ0n) is 26.6. The summed E-state index contributed by atoms with van der Waals surface area (Å²) in [6.07, 6.45) is 7.92. The van der Waals surface area contributed by atoms with Crippen LogP contribution in [0.25, 0.3) is 11.4 Å². The lowest BCUT2D eigenvalue weighted by atomic mass is 9.78. The van der Waals surface area contributed by atoms with Crippen LogP contribution >= 0.6 is 0 Å². The molecule has 0 atom stereocenters. The Balaban J connectivity index is 1.14. The topological polar surface area (TPSA) is 132 Å². The Kier molecular flexibility index (Phi) is 8.36. The van der Waals surface area contributed by atoms with Crippen molar-refractivity contribution in [2.24, 2.45) is 5.73 Å². The predicted molar refractivity (Wildman–Crippen MR) is 176 cm³/mol. The summed E-state index contributed by atoms with van der Waals surface area (Å²) in [5.41, 5.74) is 10.7. The number of nitrogens with two attached hydrogens (primary N) is 1. The fourth-order valence-electron chi connectivity index (χ4n) is 7.63. The first-order valence-electron chi connectivity index (χ1n) is 16.6. The fourth-order valence-corrected chi connectivity index (χ4v) is 7.63. The van der Waals surface area contributed by atoms with E-state index in [4.69, 9.17) is 20.4 Å². The van der Waals surface area contributed by atoms with Gasteiger partial charge in [0.25, 0.3) is 5.91 Å². The number of amides is 1. The van der Waals surface area contributed by atoms with Gasteiger partial charge in [0.15, 0.2) is 17.3 Å². The third-order valence-corrected chi connectivity index (χ3v) is 10.5. The molecule has 0 saturated carbocycles. The SMILES string of the molecule is CCc1cc(Nc2nc(N3CCC34CCOCC4)c(-c3ccn[nH]3)nc2C(N)=O)ccc1N1CCC(N2CCN(C)CC2)CC1. The summed E-state index contributed by atoms with van der Waals surface area (Å²) in [6.45, 7) is 11.3. The van der Waals surface area contributed by atoms with E-state index in [9.17, 15) is 4.79 Å². The van der Waals surface area contributed by atoms with Crippen LogP contribution in [0, 0.1) is 0 Å². The van der Waals surface area contributed by atoms with Crippen molar-refractivity contribution in [3.05, 3.63) is 41.7 Å². The summed E-state index contributed by atoms with van der Waals surface area (Å²) in [6, 6.07) is 9.00. The molecule has 0 radical (unpaired) electrons. The van der Waals surface area contributed by atoms with Gasteiger partial charge in [-0.25, -0.2) is 9.97 Å². The summed E-state index contributed by atoms with van der Waals surface area (Å²) in [4.78, 5) is 32.6. The van der Waals surface area contributed by atoms with Gasteiger partial charge in [0.05, 0.1) is 5.69 Å². The van der Waals surface area contributed by atoms with E-state index in [1.165, 1.54) is 37.2 Å². The molecule has 1 spiro atoms. The minimum Gasteiger partial charge on any atom is -0.381 e. The van der Waals surface area contributed by atoms with Crippen LogP contribution in [0.2, 0.25) is 0 Å². The zero-order chi connectivity index (χ0) is 31.0. The van der Waals surface area contributed by atoms with Crippen molar-refractivity contribution < 1.29 is 9.53 Å². The van der Waals surface area contributed by atoms with E-state index in [-0.39, 0.29) is 11.2 Å². The van der Waals surface area contributed by atoms with Gasteiger partial charge in [0, 0.05) is 88.2 Å². The molecule has 4 N–H and O–H groups in total. The molecule has 240 valence electrons. The highest BCUT2D eigenvalue weighted by molar-refractivity contribution is 5.97. The Morgan fingerprint density at radius 1 is 1.04 bits per heavy atom. The van der Waals surface area contributed by atoms with Crippen LogP contribution in [0.1, 0.15) is 55.1 Å². The number of rotatable bonds is 8. The number of carbonyl (C=O) groups excluding carboxylic acids is 1. The standard InChI is InChI=1S/C33H46N10O2/c1-3-23-22-24(4-5-27(23)42-13-7-25(8-14-42)41-18-16-40(2)17-19-41)36-31-29(30(34)44)37-28(26-6-12-35-39-26)32(38-31)43-15-9-33(43)10-20-45-21-11-33/h4-6,12,22,25H,3,7-11,13-21H2,1-2H3,(H2,34,44)(H,35,39)(H,36,38). The molecule has 0 aliphatic carbocycles. The largest absolute Gasteiger partial charge is 0.381 e. The molecule has 2 aromatic heterocycles. The van der Waals surface area contributed by atoms with E-state index >= 15 is 0 Å². The van der Waals surface area contributed by atoms with Crippen molar-refractivity contribution in [1.29, 1.82) is 0 Å². The second-order valence-corrected chi connectivity index (χ2v) is 13.0. The Morgan fingerprint density at radius 2 is 1.82 bits per heavy atom. The van der Waals surface area contributed by atoms with Gasteiger partial charge >= 0.3 is 0 Å². The molecule has 12 heteroatoms. The number of hydrogen-bond acceptors (Lipinski definition) is 10. The Labute approximate surface area is 265 Å². The number of H-pyrrole nitrogens is 1. The van der Waals surface area contributed by atoms with Crippen LogP contribution in [-0.4, -0.2) is 114 Å². The summed E-state index contributed by atoms with van der Waals surface area (Å²) < 4.78 is 5.69. The van der Waals surface area contributed by atoms with Gasteiger partial charge in [-0.3, -0.25) is 14.8 Å². The number of primary amides is 1. The number of carbonyl (C=O) groups is 1. The maximum Gasteiger partial charge on any atom is 0.271 e. The van der Waals surface area contributed by atoms with Gasteiger partial charge in [0.1, 0.15) is 5.69 Å². The molecule has 6 heterocycles. The number of nitrogens with zero attached hydrogens (tertiary/aromatic N) is 7. The molecular formula is C33H46N10O2. The summed E-state index contributed by atoms with van der Waals surface area (Å²) in [7, 11) is 2.22. The number of piperazine rings is 1. The van der Waals surface area contributed by atoms with E-state index in [1.54, 1.807) is 6.20 Å². The van der Waals surface area contributed by atoms with Crippen LogP contribution in [0.15, 0.2) is 30.5 Å². The van der Waals surface area contributed by atoms with Crippen molar-refractivity contribution in [2.45, 2.75) is 57.0 Å². The third kappa shape index (κ3) is 5.86. The predicted octanol–water partition coefficient (Wildman–Crippen LogP) is 3.25. The molecule has 12 nitrogen and oxygen atoms in total. The van der Waals surface area contributed by atoms with Crippen LogP contribution in [0.4, 0.5) is 23.0 Å². The highest BCUT2D eigenvalue weighted by atomic mass is 16.5. The molecule has 4 saturated heterocycles. The van der Waals surface area contributed by atoms with E-state index in [1.807, 2.05) is 6.07 Å². The Morgan fingerprint density at radius 3 is 2.47 bits per heavy atom. The van der Waals surface area contributed by atoms with Crippen molar-refractivity contribution >= 4 is 28.9 Å². The zero-order valence-corrected chi connectivity index (χ0v) is 26.6. The minimum absolute atomic E-state index is 0.0119. The van der Waals surface area contributed by atoms with Gasteiger partial charge in [-0.1, -0.05) is 6.92 Å². The maximum absolute atomic E-state index is 12.7. The molecule has 0 unspecified atom stereocenters. The van der Waals surface area contributed by atoms with E-state index in [2.05, 4.69) is 67.3 Å². The lowest BCUT2D eigenvalue weighted by Crippen LogP contribution is -2.63. The summed E-state index contributed by atoms with van der Waals surface area (Å²) >= 11 is 0. The molecule has 3 aromatic rings. The fraction of sp³-hybridized carbons (Fsp3) is 0.576. The maximum atomic E-state index is 12.7. The molecule has 1 amide bonds. The van der Waals surface area contributed by atoms with E-state index in [0.717, 1.165) is 83.1 Å². The Hall–Kier alpha value is -3.74. The first-order chi connectivity index (χ1) is 21.9. The van der Waals surface area contributed by atoms with Crippen molar-refractivity contribution in [3.63, 3.8) is 0 Å². The number of aromatic nitrogens is 4. The first kappa shape index (κ1) is 29.9. The number of anilines is 4. The van der Waals surface area contributed by atoms with E-state index < -0.39 is 5.91 Å². The molecule has 4 fully saturated rings. The Bertz CT molecular complexity index is 1490. The molecule has 4 aliphatic heterocycles. The molecule has 0 bridgehead atoms.